The Hall–Kier alpha value is -3.10. The first-order chi connectivity index (χ1) is 13.8. The number of halogens is 2. The van der Waals surface area contributed by atoms with Crippen LogP contribution in [0.4, 0.5) is 11.4 Å². The van der Waals surface area contributed by atoms with E-state index in [4.69, 9.17) is 28.9 Å². The standard InChI is InChI=1S/C19H18Cl2N6O2/c1-10-2-5-12(6-3-10)23-18(22)27-19-25-15(17(29)26-19)9-16(28)24-14-7-4-11(20)8-13(14)21/h2-8,15H,9H2,1H3,(H,24,28)(H4,22,23,25,26,27,29). The summed E-state index contributed by atoms with van der Waals surface area (Å²) in [7, 11) is 0. The van der Waals surface area contributed by atoms with Crippen LogP contribution in [0.2, 0.25) is 10.0 Å². The van der Waals surface area contributed by atoms with Crippen LogP contribution >= 0.6 is 23.2 Å². The highest BCUT2D eigenvalue weighted by molar-refractivity contribution is 6.36. The number of aryl methyl sites for hydroxylation is 1. The Morgan fingerprint density at radius 2 is 1.93 bits per heavy atom. The molecule has 0 aromatic heterocycles. The molecule has 0 spiro atoms. The molecule has 0 saturated carbocycles. The van der Waals surface area contributed by atoms with Crippen molar-refractivity contribution in [2.24, 2.45) is 15.7 Å². The van der Waals surface area contributed by atoms with Crippen LogP contribution < -0.4 is 21.7 Å². The van der Waals surface area contributed by atoms with Gasteiger partial charge in [-0.15, -0.1) is 0 Å². The number of nitrogens with two attached hydrogens (primary N) is 1. The minimum Gasteiger partial charge on any atom is -0.369 e. The minimum atomic E-state index is -0.910. The number of hydrogen-bond donors (Lipinski definition) is 4. The number of nitrogens with zero attached hydrogens (tertiary/aromatic N) is 2. The quantitative estimate of drug-likeness (QED) is 0.438. The highest BCUT2D eigenvalue weighted by Gasteiger charge is 2.28. The first-order valence-corrected chi connectivity index (χ1v) is 9.37. The molecule has 1 atom stereocenters. The largest absolute Gasteiger partial charge is 0.369 e. The lowest BCUT2D eigenvalue weighted by molar-refractivity contribution is -0.123. The average Bonchev–Trinajstić information content (AvgIpc) is 2.98. The molecule has 2 aromatic carbocycles. The Morgan fingerprint density at radius 1 is 1.21 bits per heavy atom. The second-order valence-electron chi connectivity index (χ2n) is 6.32. The molecule has 1 aliphatic heterocycles. The summed E-state index contributed by atoms with van der Waals surface area (Å²) < 4.78 is 0. The highest BCUT2D eigenvalue weighted by atomic mass is 35.5. The lowest BCUT2D eigenvalue weighted by Gasteiger charge is -2.08. The van der Waals surface area contributed by atoms with Gasteiger partial charge >= 0.3 is 0 Å². The van der Waals surface area contributed by atoms with Gasteiger partial charge in [-0.05, 0) is 37.3 Å². The molecule has 10 heteroatoms. The van der Waals surface area contributed by atoms with Crippen LogP contribution in [0.15, 0.2) is 52.4 Å². The summed E-state index contributed by atoms with van der Waals surface area (Å²) in [5, 5.41) is 8.77. The number of guanidine groups is 2. The molecule has 0 aliphatic carbocycles. The predicted octanol–water partition coefficient (Wildman–Crippen LogP) is 2.91. The number of rotatable bonds is 4. The highest BCUT2D eigenvalue weighted by Crippen LogP contribution is 2.25. The van der Waals surface area contributed by atoms with Crippen LogP contribution in [0.25, 0.3) is 0 Å². The van der Waals surface area contributed by atoms with Crippen molar-refractivity contribution in [3.8, 4) is 0 Å². The zero-order chi connectivity index (χ0) is 21.0. The SMILES string of the molecule is Cc1ccc(N/C(N)=N/C2=NC(CC(=O)Nc3ccc(Cl)cc3Cl)C(=O)N2)cc1. The number of anilines is 2. The Labute approximate surface area is 177 Å². The van der Waals surface area contributed by atoms with Crippen LogP contribution in [-0.2, 0) is 9.59 Å². The van der Waals surface area contributed by atoms with Gasteiger partial charge in [0, 0.05) is 10.7 Å². The van der Waals surface area contributed by atoms with Crippen LogP contribution in [-0.4, -0.2) is 29.8 Å². The summed E-state index contributed by atoms with van der Waals surface area (Å²) in [6.45, 7) is 1.97. The van der Waals surface area contributed by atoms with E-state index in [0.717, 1.165) is 11.3 Å². The van der Waals surface area contributed by atoms with E-state index in [9.17, 15) is 9.59 Å². The second kappa shape index (κ2) is 8.93. The monoisotopic (exact) mass is 432 g/mol. The summed E-state index contributed by atoms with van der Waals surface area (Å²) in [5.74, 6) is -0.765. The maximum Gasteiger partial charge on any atom is 0.252 e. The molecule has 8 nitrogen and oxygen atoms in total. The van der Waals surface area contributed by atoms with Gasteiger partial charge in [0.2, 0.25) is 17.8 Å². The molecule has 3 rings (SSSR count). The number of aliphatic imine (C=N–C) groups is 2. The van der Waals surface area contributed by atoms with E-state index in [0.29, 0.717) is 15.7 Å². The first-order valence-electron chi connectivity index (χ1n) is 8.61. The van der Waals surface area contributed by atoms with Crippen molar-refractivity contribution in [1.29, 1.82) is 0 Å². The minimum absolute atomic E-state index is 0.0365. The Balaban J connectivity index is 1.61. The predicted molar refractivity (Wildman–Crippen MR) is 115 cm³/mol. The van der Waals surface area contributed by atoms with Gasteiger partial charge in [-0.25, -0.2) is 4.99 Å². The molecule has 150 valence electrons. The smallest absolute Gasteiger partial charge is 0.252 e. The van der Waals surface area contributed by atoms with Crippen molar-refractivity contribution < 1.29 is 9.59 Å². The molecule has 1 heterocycles. The maximum atomic E-state index is 12.2. The van der Waals surface area contributed by atoms with Gasteiger partial charge in [-0.3, -0.25) is 14.9 Å². The van der Waals surface area contributed by atoms with Gasteiger partial charge in [0.1, 0.15) is 6.04 Å². The Bertz CT molecular complexity index is 1000. The van der Waals surface area contributed by atoms with Gasteiger partial charge < -0.3 is 16.4 Å². The molecule has 0 radical (unpaired) electrons. The first kappa shape index (κ1) is 20.6. The molecule has 2 aromatic rings. The number of carbonyl (C=O) groups excluding carboxylic acids is 2. The maximum absolute atomic E-state index is 12.2. The van der Waals surface area contributed by atoms with Crippen LogP contribution in [0.1, 0.15) is 12.0 Å². The van der Waals surface area contributed by atoms with E-state index in [1.54, 1.807) is 12.1 Å². The van der Waals surface area contributed by atoms with Crippen molar-refractivity contribution in [1.82, 2.24) is 5.32 Å². The molecule has 1 unspecified atom stereocenters. The summed E-state index contributed by atoms with van der Waals surface area (Å²) in [6, 6.07) is 11.3. The summed E-state index contributed by atoms with van der Waals surface area (Å²) >= 11 is 11.9. The third-order valence-corrected chi connectivity index (χ3v) is 4.50. The summed E-state index contributed by atoms with van der Waals surface area (Å²) in [5.41, 5.74) is 8.10. The Morgan fingerprint density at radius 3 is 2.62 bits per heavy atom. The van der Waals surface area contributed by atoms with Gasteiger partial charge in [0.25, 0.3) is 5.91 Å². The molecule has 0 bridgehead atoms. The molecule has 0 saturated heterocycles. The van der Waals surface area contributed by atoms with Crippen molar-refractivity contribution in [2.45, 2.75) is 19.4 Å². The molecule has 2 amide bonds. The van der Waals surface area contributed by atoms with Crippen molar-refractivity contribution >= 4 is 58.3 Å². The normalized spacial score (nSPS) is 16.2. The third-order valence-electron chi connectivity index (χ3n) is 3.95. The van der Waals surface area contributed by atoms with Crippen molar-refractivity contribution in [3.63, 3.8) is 0 Å². The Kier molecular flexibility index (Phi) is 6.36. The van der Waals surface area contributed by atoms with Gasteiger partial charge in [-0.2, -0.15) is 4.99 Å². The average molecular weight is 433 g/mol. The second-order valence-corrected chi connectivity index (χ2v) is 7.17. The summed E-state index contributed by atoms with van der Waals surface area (Å²) in [6.07, 6.45) is -0.172. The number of carbonyl (C=O) groups is 2. The molecule has 5 N–H and O–H groups in total. The van der Waals surface area contributed by atoms with E-state index in [2.05, 4.69) is 25.9 Å². The molecule has 1 aliphatic rings. The fourth-order valence-electron chi connectivity index (χ4n) is 2.52. The van der Waals surface area contributed by atoms with E-state index >= 15 is 0 Å². The van der Waals surface area contributed by atoms with Gasteiger partial charge in [-0.1, -0.05) is 40.9 Å². The molecule has 0 fully saturated rings. The zero-order valence-electron chi connectivity index (χ0n) is 15.4. The third kappa shape index (κ3) is 5.69. The van der Waals surface area contributed by atoms with Crippen molar-refractivity contribution in [2.75, 3.05) is 10.6 Å². The summed E-state index contributed by atoms with van der Waals surface area (Å²) in [4.78, 5) is 32.5. The van der Waals surface area contributed by atoms with Gasteiger partial charge in [0.05, 0.1) is 17.1 Å². The van der Waals surface area contributed by atoms with E-state index in [-0.39, 0.29) is 18.3 Å². The van der Waals surface area contributed by atoms with E-state index < -0.39 is 17.9 Å². The van der Waals surface area contributed by atoms with Crippen LogP contribution in [0, 0.1) is 6.92 Å². The lowest BCUT2D eigenvalue weighted by Crippen LogP contribution is -2.32. The molecular formula is C19H18Cl2N6O2. The van der Waals surface area contributed by atoms with Crippen LogP contribution in [0.3, 0.4) is 0 Å². The fourth-order valence-corrected chi connectivity index (χ4v) is 2.98. The van der Waals surface area contributed by atoms with Gasteiger partial charge in [0.15, 0.2) is 0 Å². The van der Waals surface area contributed by atoms with Crippen LogP contribution in [0.5, 0.6) is 0 Å². The fraction of sp³-hybridized carbons (Fsp3) is 0.158. The van der Waals surface area contributed by atoms with E-state index in [1.807, 2.05) is 31.2 Å². The number of benzene rings is 2. The number of nitrogens with one attached hydrogen (secondary N) is 3. The molecule has 29 heavy (non-hydrogen) atoms. The number of amides is 2. The van der Waals surface area contributed by atoms with Crippen molar-refractivity contribution in [3.05, 3.63) is 58.1 Å². The zero-order valence-corrected chi connectivity index (χ0v) is 16.9. The lowest BCUT2D eigenvalue weighted by atomic mass is 10.2. The van der Waals surface area contributed by atoms with E-state index in [1.165, 1.54) is 6.07 Å². The molecular weight excluding hydrogens is 415 g/mol. The number of hydrogen-bond acceptors (Lipinski definition) is 4. The topological polar surface area (TPSA) is 121 Å².